The summed E-state index contributed by atoms with van der Waals surface area (Å²) in [5, 5.41) is 2.67. The molecule has 2 amide bonds. The monoisotopic (exact) mass is 288 g/mol. The van der Waals surface area contributed by atoms with Crippen molar-refractivity contribution in [1.82, 2.24) is 5.32 Å². The van der Waals surface area contributed by atoms with Gasteiger partial charge < -0.3 is 10.1 Å². The van der Waals surface area contributed by atoms with E-state index in [0.717, 1.165) is 16.8 Å². The Balaban J connectivity index is 2.13. The largest absolute Gasteiger partial charge is 0.442 e. The number of benzene rings is 1. The number of ether oxygens (including phenoxy) is 1. The molecule has 0 unspecified atom stereocenters. The van der Waals surface area contributed by atoms with E-state index >= 15 is 0 Å². The van der Waals surface area contributed by atoms with E-state index in [-0.39, 0.29) is 18.1 Å². The van der Waals surface area contributed by atoms with Crippen LogP contribution < -0.4 is 10.2 Å². The predicted molar refractivity (Wildman–Crippen MR) is 82.2 cm³/mol. The number of carbonyl (C=O) groups is 2. The summed E-state index contributed by atoms with van der Waals surface area (Å²) >= 11 is 0. The van der Waals surface area contributed by atoms with Crippen molar-refractivity contribution in [3.05, 3.63) is 35.4 Å². The summed E-state index contributed by atoms with van der Waals surface area (Å²) in [6.07, 6.45) is 3.29. The van der Waals surface area contributed by atoms with Crippen molar-refractivity contribution in [2.75, 3.05) is 18.0 Å². The molecule has 21 heavy (non-hydrogen) atoms. The van der Waals surface area contributed by atoms with E-state index in [1.165, 1.54) is 6.92 Å². The van der Waals surface area contributed by atoms with Gasteiger partial charge in [0.15, 0.2) is 0 Å². The van der Waals surface area contributed by atoms with E-state index in [4.69, 9.17) is 4.74 Å². The highest BCUT2D eigenvalue weighted by Crippen LogP contribution is 2.25. The highest BCUT2D eigenvalue weighted by Gasteiger charge is 2.32. The van der Waals surface area contributed by atoms with Gasteiger partial charge in [-0.15, -0.1) is 0 Å². The van der Waals surface area contributed by atoms with Crippen molar-refractivity contribution < 1.29 is 14.3 Å². The lowest BCUT2D eigenvalue weighted by atomic mass is 10.1. The van der Waals surface area contributed by atoms with Crippen LogP contribution in [0.2, 0.25) is 0 Å². The zero-order valence-electron chi connectivity index (χ0n) is 12.6. The van der Waals surface area contributed by atoms with Gasteiger partial charge in [0.25, 0.3) is 0 Å². The third-order valence-electron chi connectivity index (χ3n) is 3.37. The molecular formula is C16H20N2O3. The first kappa shape index (κ1) is 15.1. The summed E-state index contributed by atoms with van der Waals surface area (Å²) in [7, 11) is 0. The number of allylic oxidation sites excluding steroid dienone is 1. The summed E-state index contributed by atoms with van der Waals surface area (Å²) < 4.78 is 5.26. The Labute approximate surface area is 124 Å². The van der Waals surface area contributed by atoms with Gasteiger partial charge >= 0.3 is 6.09 Å². The first-order chi connectivity index (χ1) is 10.0. The highest BCUT2D eigenvalue weighted by molar-refractivity contribution is 5.90. The molecule has 0 aromatic heterocycles. The Hall–Kier alpha value is -2.30. The van der Waals surface area contributed by atoms with Crippen LogP contribution in [-0.4, -0.2) is 31.2 Å². The standard InChI is InChI=1S/C16H20N2O3/c1-4-5-13-8-14(7-6-11(13)2)18-10-15(21-16(18)20)9-17-12(3)19/h4-8,15H,9-10H2,1-3H3,(H,17,19)/t15-/m0/s1. The molecule has 1 heterocycles. The minimum atomic E-state index is -0.374. The van der Waals surface area contributed by atoms with E-state index in [9.17, 15) is 9.59 Å². The molecule has 2 rings (SSSR count). The Morgan fingerprint density at radius 1 is 1.52 bits per heavy atom. The van der Waals surface area contributed by atoms with Gasteiger partial charge in [-0.05, 0) is 37.1 Å². The van der Waals surface area contributed by atoms with E-state index in [1.807, 2.05) is 44.2 Å². The average Bonchev–Trinajstić information content (AvgIpc) is 2.80. The fourth-order valence-electron chi connectivity index (χ4n) is 2.25. The first-order valence-electron chi connectivity index (χ1n) is 6.97. The van der Waals surface area contributed by atoms with E-state index in [2.05, 4.69) is 5.32 Å². The van der Waals surface area contributed by atoms with Crippen LogP contribution in [0.15, 0.2) is 24.3 Å². The van der Waals surface area contributed by atoms with Crippen LogP contribution >= 0.6 is 0 Å². The third kappa shape index (κ3) is 3.62. The number of aryl methyl sites for hydroxylation is 1. The number of nitrogens with zero attached hydrogens (tertiary/aromatic N) is 1. The van der Waals surface area contributed by atoms with Crippen LogP contribution in [0.4, 0.5) is 10.5 Å². The summed E-state index contributed by atoms with van der Waals surface area (Å²) in [6.45, 7) is 6.21. The lowest BCUT2D eigenvalue weighted by Gasteiger charge is -2.14. The Morgan fingerprint density at radius 3 is 2.95 bits per heavy atom. The maximum absolute atomic E-state index is 12.0. The molecule has 0 aliphatic carbocycles. The van der Waals surface area contributed by atoms with Crippen LogP contribution in [0.5, 0.6) is 0 Å². The molecule has 1 saturated heterocycles. The molecule has 1 aromatic rings. The summed E-state index contributed by atoms with van der Waals surface area (Å²) in [4.78, 5) is 24.5. The predicted octanol–water partition coefficient (Wildman–Crippen LogP) is 2.49. The van der Waals surface area contributed by atoms with E-state index in [0.29, 0.717) is 13.1 Å². The van der Waals surface area contributed by atoms with Gasteiger partial charge in [-0.2, -0.15) is 0 Å². The number of anilines is 1. The summed E-state index contributed by atoms with van der Waals surface area (Å²) in [5.41, 5.74) is 3.04. The Bertz CT molecular complexity index is 581. The third-order valence-corrected chi connectivity index (χ3v) is 3.37. The summed E-state index contributed by atoms with van der Waals surface area (Å²) in [5.74, 6) is -0.129. The maximum Gasteiger partial charge on any atom is 0.414 e. The first-order valence-corrected chi connectivity index (χ1v) is 6.97. The molecule has 1 fully saturated rings. The normalized spacial score (nSPS) is 18.1. The zero-order chi connectivity index (χ0) is 15.4. The highest BCUT2D eigenvalue weighted by atomic mass is 16.6. The molecule has 1 atom stereocenters. The van der Waals surface area contributed by atoms with Gasteiger partial charge in [-0.1, -0.05) is 18.2 Å². The molecule has 1 aliphatic heterocycles. The number of amides is 2. The smallest absolute Gasteiger partial charge is 0.414 e. The van der Waals surface area contributed by atoms with Crippen molar-refractivity contribution in [1.29, 1.82) is 0 Å². The van der Waals surface area contributed by atoms with Crippen LogP contribution in [0.25, 0.3) is 6.08 Å². The molecule has 112 valence electrons. The molecule has 1 aromatic carbocycles. The van der Waals surface area contributed by atoms with Crippen molar-refractivity contribution in [2.24, 2.45) is 0 Å². The van der Waals surface area contributed by atoms with Gasteiger partial charge in [0.1, 0.15) is 6.10 Å². The fourth-order valence-corrected chi connectivity index (χ4v) is 2.25. The van der Waals surface area contributed by atoms with Crippen LogP contribution in [0.3, 0.4) is 0 Å². The number of rotatable bonds is 4. The van der Waals surface area contributed by atoms with Crippen LogP contribution in [0, 0.1) is 6.92 Å². The topological polar surface area (TPSA) is 58.6 Å². The number of nitrogens with one attached hydrogen (secondary N) is 1. The van der Waals surface area contributed by atoms with Crippen LogP contribution in [0.1, 0.15) is 25.0 Å². The number of carbonyl (C=O) groups excluding carboxylic acids is 2. The number of hydrogen-bond acceptors (Lipinski definition) is 3. The minimum absolute atomic E-state index is 0.129. The fraction of sp³-hybridized carbons (Fsp3) is 0.375. The number of hydrogen-bond donors (Lipinski definition) is 1. The SMILES string of the molecule is CC=Cc1cc(N2C[C@H](CNC(C)=O)OC2=O)ccc1C. The van der Waals surface area contributed by atoms with E-state index in [1.54, 1.807) is 4.90 Å². The maximum atomic E-state index is 12.0. The van der Waals surface area contributed by atoms with Crippen molar-refractivity contribution in [2.45, 2.75) is 26.9 Å². The van der Waals surface area contributed by atoms with Crippen LogP contribution in [-0.2, 0) is 9.53 Å². The van der Waals surface area contributed by atoms with Crippen molar-refractivity contribution >= 4 is 23.8 Å². The second kappa shape index (κ2) is 6.43. The lowest BCUT2D eigenvalue weighted by Crippen LogP contribution is -2.33. The second-order valence-electron chi connectivity index (χ2n) is 5.09. The molecule has 0 radical (unpaired) electrons. The second-order valence-corrected chi connectivity index (χ2v) is 5.09. The molecule has 1 aliphatic rings. The molecule has 5 nitrogen and oxygen atoms in total. The average molecular weight is 288 g/mol. The van der Waals surface area contributed by atoms with E-state index < -0.39 is 0 Å². The molecule has 1 N–H and O–H groups in total. The Morgan fingerprint density at radius 2 is 2.29 bits per heavy atom. The molecule has 0 bridgehead atoms. The lowest BCUT2D eigenvalue weighted by molar-refractivity contribution is -0.119. The molecule has 0 spiro atoms. The molecule has 0 saturated carbocycles. The van der Waals surface area contributed by atoms with Crippen molar-refractivity contribution in [3.8, 4) is 0 Å². The Kier molecular flexibility index (Phi) is 4.62. The van der Waals surface area contributed by atoms with Gasteiger partial charge in [0.2, 0.25) is 5.91 Å². The van der Waals surface area contributed by atoms with Gasteiger partial charge in [0.05, 0.1) is 13.1 Å². The summed E-state index contributed by atoms with van der Waals surface area (Å²) in [6, 6.07) is 5.86. The quantitative estimate of drug-likeness (QED) is 0.926. The van der Waals surface area contributed by atoms with Gasteiger partial charge in [0, 0.05) is 12.6 Å². The van der Waals surface area contributed by atoms with Gasteiger partial charge in [-0.25, -0.2) is 4.79 Å². The van der Waals surface area contributed by atoms with Crippen molar-refractivity contribution in [3.63, 3.8) is 0 Å². The van der Waals surface area contributed by atoms with Gasteiger partial charge in [-0.3, -0.25) is 9.69 Å². The molecule has 5 heteroatoms. The molecular weight excluding hydrogens is 268 g/mol. The number of cyclic esters (lactones) is 1. The minimum Gasteiger partial charge on any atom is -0.442 e. The zero-order valence-corrected chi connectivity index (χ0v) is 12.6.